The van der Waals surface area contributed by atoms with Gasteiger partial charge in [0.05, 0.1) is 16.3 Å². The first-order chi connectivity index (χ1) is 10.4. The highest BCUT2D eigenvalue weighted by atomic mass is 79.9. The second kappa shape index (κ2) is 5.70. The van der Waals surface area contributed by atoms with Gasteiger partial charge in [-0.15, -0.1) is 0 Å². The SMILES string of the molecule is CS(=O)(=O)c1ccc(-n2ccc(-c3ccc(Br)cc3)n2)cc1. The quantitative estimate of drug-likeness (QED) is 0.699. The fourth-order valence-electron chi connectivity index (χ4n) is 2.09. The van der Waals surface area contributed by atoms with Gasteiger partial charge in [-0.25, -0.2) is 13.1 Å². The van der Waals surface area contributed by atoms with Crippen LogP contribution in [0.5, 0.6) is 0 Å². The number of benzene rings is 2. The second-order valence-electron chi connectivity index (χ2n) is 4.92. The number of hydrogen-bond acceptors (Lipinski definition) is 3. The van der Waals surface area contributed by atoms with Crippen LogP contribution in [-0.4, -0.2) is 24.5 Å². The monoisotopic (exact) mass is 376 g/mol. The molecule has 0 radical (unpaired) electrons. The molecule has 0 atom stereocenters. The van der Waals surface area contributed by atoms with Gasteiger partial charge in [-0.2, -0.15) is 5.10 Å². The zero-order chi connectivity index (χ0) is 15.7. The van der Waals surface area contributed by atoms with Crippen molar-refractivity contribution in [1.82, 2.24) is 9.78 Å². The molecule has 2 aromatic carbocycles. The summed E-state index contributed by atoms with van der Waals surface area (Å²) in [7, 11) is -3.18. The molecular formula is C16H13BrN2O2S. The van der Waals surface area contributed by atoms with Crippen LogP contribution < -0.4 is 0 Å². The molecule has 0 saturated carbocycles. The van der Waals surface area contributed by atoms with E-state index in [4.69, 9.17) is 0 Å². The third-order valence-corrected chi connectivity index (χ3v) is 4.92. The van der Waals surface area contributed by atoms with Gasteiger partial charge in [0.1, 0.15) is 0 Å². The topological polar surface area (TPSA) is 52.0 Å². The standard InChI is InChI=1S/C16H13BrN2O2S/c1-22(20,21)15-8-6-14(7-9-15)19-11-10-16(18-19)12-2-4-13(17)5-3-12/h2-11H,1H3. The molecule has 3 aromatic rings. The Morgan fingerprint density at radius 3 is 2.18 bits per heavy atom. The van der Waals surface area contributed by atoms with Gasteiger partial charge in [0, 0.05) is 22.5 Å². The molecule has 0 aliphatic rings. The largest absolute Gasteiger partial charge is 0.240 e. The fourth-order valence-corrected chi connectivity index (χ4v) is 2.98. The maximum Gasteiger partial charge on any atom is 0.175 e. The molecule has 0 N–H and O–H groups in total. The van der Waals surface area contributed by atoms with Gasteiger partial charge in [-0.1, -0.05) is 28.1 Å². The van der Waals surface area contributed by atoms with Crippen LogP contribution in [0.2, 0.25) is 0 Å². The van der Waals surface area contributed by atoms with Gasteiger partial charge in [0.15, 0.2) is 9.84 Å². The minimum atomic E-state index is -3.18. The molecule has 0 fully saturated rings. The van der Waals surface area contributed by atoms with Crippen LogP contribution in [-0.2, 0) is 9.84 Å². The Bertz CT molecular complexity index is 898. The summed E-state index contributed by atoms with van der Waals surface area (Å²) in [6, 6.07) is 16.5. The summed E-state index contributed by atoms with van der Waals surface area (Å²) in [6.45, 7) is 0. The van der Waals surface area contributed by atoms with Crippen LogP contribution in [0.15, 0.2) is 70.2 Å². The Morgan fingerprint density at radius 2 is 1.59 bits per heavy atom. The van der Waals surface area contributed by atoms with E-state index in [1.54, 1.807) is 28.9 Å². The maximum absolute atomic E-state index is 11.5. The van der Waals surface area contributed by atoms with E-state index < -0.39 is 9.84 Å². The van der Waals surface area contributed by atoms with E-state index in [2.05, 4.69) is 21.0 Å². The second-order valence-corrected chi connectivity index (χ2v) is 7.85. The van der Waals surface area contributed by atoms with Gasteiger partial charge in [-0.05, 0) is 42.5 Å². The van der Waals surface area contributed by atoms with E-state index in [0.29, 0.717) is 4.90 Å². The number of nitrogens with zero attached hydrogens (tertiary/aromatic N) is 2. The van der Waals surface area contributed by atoms with Crippen molar-refractivity contribution < 1.29 is 8.42 Å². The van der Waals surface area contributed by atoms with E-state index in [1.807, 2.05) is 36.5 Å². The average Bonchev–Trinajstić information content (AvgIpc) is 2.97. The Kier molecular flexibility index (Phi) is 3.88. The van der Waals surface area contributed by atoms with Crippen LogP contribution in [0, 0.1) is 0 Å². The van der Waals surface area contributed by atoms with Crippen molar-refractivity contribution in [2.24, 2.45) is 0 Å². The normalized spacial score (nSPS) is 11.5. The molecule has 112 valence electrons. The molecule has 22 heavy (non-hydrogen) atoms. The van der Waals surface area contributed by atoms with Crippen LogP contribution in [0.25, 0.3) is 16.9 Å². The van der Waals surface area contributed by atoms with E-state index in [1.165, 1.54) is 6.26 Å². The van der Waals surface area contributed by atoms with Gasteiger partial charge in [0.2, 0.25) is 0 Å². The van der Waals surface area contributed by atoms with Crippen molar-refractivity contribution in [3.05, 3.63) is 65.3 Å². The smallest absolute Gasteiger partial charge is 0.175 e. The lowest BCUT2D eigenvalue weighted by Gasteiger charge is -2.03. The van der Waals surface area contributed by atoms with Gasteiger partial charge < -0.3 is 0 Å². The lowest BCUT2D eigenvalue weighted by molar-refractivity contribution is 0.602. The summed E-state index contributed by atoms with van der Waals surface area (Å²) in [5.41, 5.74) is 2.70. The number of rotatable bonds is 3. The Balaban J connectivity index is 1.92. The van der Waals surface area contributed by atoms with Crippen LogP contribution in [0.4, 0.5) is 0 Å². The number of halogens is 1. The lowest BCUT2D eigenvalue weighted by atomic mass is 10.2. The van der Waals surface area contributed by atoms with Crippen LogP contribution in [0.3, 0.4) is 0 Å². The minimum absolute atomic E-state index is 0.302. The Morgan fingerprint density at radius 1 is 0.955 bits per heavy atom. The highest BCUT2D eigenvalue weighted by molar-refractivity contribution is 9.10. The summed E-state index contributed by atoms with van der Waals surface area (Å²) in [5.74, 6) is 0. The molecule has 0 aliphatic carbocycles. The molecule has 0 bridgehead atoms. The van der Waals surface area contributed by atoms with E-state index in [-0.39, 0.29) is 0 Å². The van der Waals surface area contributed by atoms with Gasteiger partial charge in [-0.3, -0.25) is 0 Å². The van der Waals surface area contributed by atoms with E-state index in [9.17, 15) is 8.42 Å². The summed E-state index contributed by atoms with van der Waals surface area (Å²) in [6.07, 6.45) is 3.05. The molecule has 0 aliphatic heterocycles. The molecule has 0 amide bonds. The third kappa shape index (κ3) is 3.13. The van der Waals surface area contributed by atoms with Crippen molar-refractivity contribution in [3.63, 3.8) is 0 Å². The molecule has 0 saturated heterocycles. The maximum atomic E-state index is 11.5. The number of aromatic nitrogens is 2. The van der Waals surface area contributed by atoms with Crippen molar-refractivity contribution >= 4 is 25.8 Å². The zero-order valence-corrected chi connectivity index (χ0v) is 14.2. The summed E-state index contributed by atoms with van der Waals surface area (Å²) >= 11 is 3.41. The third-order valence-electron chi connectivity index (χ3n) is 3.26. The molecule has 0 unspecified atom stereocenters. The molecule has 0 spiro atoms. The molecule has 4 nitrogen and oxygen atoms in total. The molecule has 1 heterocycles. The molecular weight excluding hydrogens is 364 g/mol. The van der Waals surface area contributed by atoms with Gasteiger partial charge >= 0.3 is 0 Å². The summed E-state index contributed by atoms with van der Waals surface area (Å²) < 4.78 is 25.7. The Labute approximate surface area is 137 Å². The van der Waals surface area contributed by atoms with E-state index in [0.717, 1.165) is 21.4 Å². The highest BCUT2D eigenvalue weighted by Crippen LogP contribution is 2.21. The summed E-state index contributed by atoms with van der Waals surface area (Å²) in [5, 5.41) is 4.52. The zero-order valence-electron chi connectivity index (χ0n) is 11.8. The fraction of sp³-hybridized carbons (Fsp3) is 0.0625. The number of sulfone groups is 1. The first kappa shape index (κ1) is 15.0. The van der Waals surface area contributed by atoms with Crippen molar-refractivity contribution in [2.75, 3.05) is 6.26 Å². The predicted molar refractivity (Wildman–Crippen MR) is 89.8 cm³/mol. The highest BCUT2D eigenvalue weighted by Gasteiger charge is 2.08. The van der Waals surface area contributed by atoms with Crippen LogP contribution in [0.1, 0.15) is 0 Å². The average molecular weight is 377 g/mol. The van der Waals surface area contributed by atoms with Crippen molar-refractivity contribution in [1.29, 1.82) is 0 Å². The van der Waals surface area contributed by atoms with Crippen LogP contribution >= 0.6 is 15.9 Å². The van der Waals surface area contributed by atoms with E-state index >= 15 is 0 Å². The van der Waals surface area contributed by atoms with Crippen molar-refractivity contribution in [2.45, 2.75) is 4.90 Å². The Hall–Kier alpha value is -1.92. The first-order valence-electron chi connectivity index (χ1n) is 6.55. The van der Waals surface area contributed by atoms with Gasteiger partial charge in [0.25, 0.3) is 0 Å². The lowest BCUT2D eigenvalue weighted by Crippen LogP contribution is -1.99. The molecule has 3 rings (SSSR count). The minimum Gasteiger partial charge on any atom is -0.240 e. The predicted octanol–water partition coefficient (Wildman–Crippen LogP) is 3.71. The number of hydrogen-bond donors (Lipinski definition) is 0. The molecule has 6 heteroatoms. The van der Waals surface area contributed by atoms with Crippen molar-refractivity contribution in [3.8, 4) is 16.9 Å². The first-order valence-corrected chi connectivity index (χ1v) is 9.24. The summed E-state index contributed by atoms with van der Waals surface area (Å²) in [4.78, 5) is 0.302. The molecule has 1 aromatic heterocycles.